The number of carbonyl (C=O) groups excluding carboxylic acids is 3. The van der Waals surface area contributed by atoms with Crippen LogP contribution in [0.3, 0.4) is 0 Å². The van der Waals surface area contributed by atoms with Gasteiger partial charge >= 0.3 is 0 Å². The number of likely N-dealkylation sites (tertiary alicyclic amines) is 1. The zero-order valence-corrected chi connectivity index (χ0v) is 10.7. The number of aldehydes is 1. The standard InChI is InChI=1S/C14H13N3O3/c15-7-12-6-10(8-17(12)13(19)9-18)14(20)16-11-4-2-1-3-5-11/h1-5,9-10,12H,6,8H2,(H,16,20). The average Bonchev–Trinajstić information content (AvgIpc) is 2.92. The van der Waals surface area contributed by atoms with Crippen molar-refractivity contribution in [3.63, 3.8) is 0 Å². The summed E-state index contributed by atoms with van der Waals surface area (Å²) >= 11 is 0. The van der Waals surface area contributed by atoms with E-state index in [0.29, 0.717) is 5.69 Å². The number of para-hydroxylation sites is 1. The van der Waals surface area contributed by atoms with E-state index in [1.165, 1.54) is 0 Å². The third-order valence-electron chi connectivity index (χ3n) is 3.25. The van der Waals surface area contributed by atoms with Crippen molar-refractivity contribution in [2.24, 2.45) is 5.92 Å². The molecule has 1 N–H and O–H groups in total. The van der Waals surface area contributed by atoms with Crippen molar-refractivity contribution in [2.45, 2.75) is 12.5 Å². The molecule has 2 amide bonds. The van der Waals surface area contributed by atoms with E-state index in [0.717, 1.165) is 4.90 Å². The lowest BCUT2D eigenvalue weighted by atomic mass is 10.1. The summed E-state index contributed by atoms with van der Waals surface area (Å²) in [5, 5.41) is 11.7. The second-order valence-electron chi connectivity index (χ2n) is 4.54. The summed E-state index contributed by atoms with van der Waals surface area (Å²) in [7, 11) is 0. The van der Waals surface area contributed by atoms with Crippen LogP contribution in [0.1, 0.15) is 6.42 Å². The van der Waals surface area contributed by atoms with Gasteiger partial charge in [0.2, 0.25) is 12.2 Å². The van der Waals surface area contributed by atoms with Crippen LogP contribution in [0.15, 0.2) is 30.3 Å². The van der Waals surface area contributed by atoms with E-state index >= 15 is 0 Å². The monoisotopic (exact) mass is 271 g/mol. The van der Waals surface area contributed by atoms with Crippen molar-refractivity contribution in [1.29, 1.82) is 5.26 Å². The van der Waals surface area contributed by atoms with E-state index in [1.54, 1.807) is 24.3 Å². The molecule has 2 unspecified atom stereocenters. The molecule has 6 heteroatoms. The van der Waals surface area contributed by atoms with Crippen LogP contribution in [0.5, 0.6) is 0 Å². The largest absolute Gasteiger partial charge is 0.326 e. The predicted molar refractivity (Wildman–Crippen MR) is 70.4 cm³/mol. The minimum Gasteiger partial charge on any atom is -0.326 e. The first kappa shape index (κ1) is 13.7. The van der Waals surface area contributed by atoms with Crippen LogP contribution >= 0.6 is 0 Å². The Morgan fingerprint density at radius 3 is 2.65 bits per heavy atom. The molecule has 1 fully saturated rings. The van der Waals surface area contributed by atoms with Gasteiger partial charge in [-0.15, -0.1) is 0 Å². The van der Waals surface area contributed by atoms with Crippen molar-refractivity contribution in [3.05, 3.63) is 30.3 Å². The SMILES string of the molecule is N#CC1CC(C(=O)Nc2ccccc2)CN1C(=O)C=O. The normalized spacial score (nSPS) is 21.1. The number of rotatable bonds is 3. The molecule has 1 saturated heterocycles. The fourth-order valence-corrected chi connectivity index (χ4v) is 2.23. The van der Waals surface area contributed by atoms with Gasteiger partial charge in [-0.3, -0.25) is 14.4 Å². The van der Waals surface area contributed by atoms with E-state index in [1.807, 2.05) is 12.1 Å². The lowest BCUT2D eigenvalue weighted by molar-refractivity contribution is -0.139. The molecule has 0 bridgehead atoms. The highest BCUT2D eigenvalue weighted by molar-refractivity contribution is 6.23. The minimum absolute atomic E-state index is 0.0917. The molecule has 102 valence electrons. The maximum absolute atomic E-state index is 12.1. The van der Waals surface area contributed by atoms with Crippen LogP contribution in [0.25, 0.3) is 0 Å². The summed E-state index contributed by atoms with van der Waals surface area (Å²) in [6, 6.07) is 10.2. The van der Waals surface area contributed by atoms with Crippen molar-refractivity contribution in [1.82, 2.24) is 4.90 Å². The smallest absolute Gasteiger partial charge is 0.287 e. The Hall–Kier alpha value is -2.68. The lowest BCUT2D eigenvalue weighted by Gasteiger charge is -2.15. The summed E-state index contributed by atoms with van der Waals surface area (Å²) in [6.07, 6.45) is 0.413. The van der Waals surface area contributed by atoms with Crippen LogP contribution in [0.2, 0.25) is 0 Å². The Morgan fingerprint density at radius 2 is 2.05 bits per heavy atom. The second kappa shape index (κ2) is 5.97. The number of benzene rings is 1. The van der Waals surface area contributed by atoms with E-state index in [9.17, 15) is 14.4 Å². The van der Waals surface area contributed by atoms with Crippen LogP contribution in [0.4, 0.5) is 5.69 Å². The molecule has 0 radical (unpaired) electrons. The molecule has 6 nitrogen and oxygen atoms in total. The zero-order chi connectivity index (χ0) is 14.5. The molecule has 2 rings (SSSR count). The van der Waals surface area contributed by atoms with E-state index in [2.05, 4.69) is 5.32 Å². The van der Waals surface area contributed by atoms with E-state index < -0.39 is 17.9 Å². The Balaban J connectivity index is 2.04. The van der Waals surface area contributed by atoms with Crippen LogP contribution in [-0.2, 0) is 14.4 Å². The van der Waals surface area contributed by atoms with Gasteiger partial charge in [-0.05, 0) is 18.6 Å². The Morgan fingerprint density at radius 1 is 1.35 bits per heavy atom. The van der Waals surface area contributed by atoms with Crippen molar-refractivity contribution in [3.8, 4) is 6.07 Å². The fourth-order valence-electron chi connectivity index (χ4n) is 2.23. The highest BCUT2D eigenvalue weighted by Gasteiger charge is 2.38. The summed E-state index contributed by atoms with van der Waals surface area (Å²) in [6.45, 7) is 0.0917. The first-order valence-corrected chi connectivity index (χ1v) is 6.17. The van der Waals surface area contributed by atoms with Gasteiger partial charge < -0.3 is 10.2 Å². The molecule has 0 spiro atoms. The summed E-state index contributed by atoms with van der Waals surface area (Å²) in [5.74, 6) is -1.49. The number of nitrogens with one attached hydrogen (secondary N) is 1. The molecule has 1 aromatic carbocycles. The average molecular weight is 271 g/mol. The Labute approximate surface area is 116 Å². The third-order valence-corrected chi connectivity index (χ3v) is 3.25. The number of hydrogen-bond acceptors (Lipinski definition) is 4. The highest BCUT2D eigenvalue weighted by Crippen LogP contribution is 2.24. The van der Waals surface area contributed by atoms with Gasteiger partial charge in [-0.1, -0.05) is 18.2 Å². The van der Waals surface area contributed by atoms with Crippen LogP contribution in [0, 0.1) is 17.2 Å². The number of nitrogens with zero attached hydrogens (tertiary/aromatic N) is 2. The maximum atomic E-state index is 12.1. The summed E-state index contributed by atoms with van der Waals surface area (Å²) < 4.78 is 0. The number of amides is 2. The second-order valence-corrected chi connectivity index (χ2v) is 4.54. The van der Waals surface area contributed by atoms with Crippen molar-refractivity contribution < 1.29 is 14.4 Å². The molecule has 1 aliphatic heterocycles. The van der Waals surface area contributed by atoms with Crippen molar-refractivity contribution >= 4 is 23.8 Å². The Kier molecular flexibility index (Phi) is 4.11. The molecule has 1 heterocycles. The van der Waals surface area contributed by atoms with Crippen LogP contribution < -0.4 is 5.32 Å². The molecule has 1 aromatic rings. The number of anilines is 1. The quantitative estimate of drug-likeness (QED) is 0.642. The molecular weight excluding hydrogens is 258 g/mol. The minimum atomic E-state index is -0.758. The van der Waals surface area contributed by atoms with Gasteiger partial charge in [-0.25, -0.2) is 0 Å². The highest BCUT2D eigenvalue weighted by atomic mass is 16.2. The van der Waals surface area contributed by atoms with E-state index in [4.69, 9.17) is 5.26 Å². The number of nitriles is 1. The molecule has 0 aliphatic carbocycles. The first-order chi connectivity index (χ1) is 9.65. The van der Waals surface area contributed by atoms with Gasteiger partial charge in [0, 0.05) is 12.2 Å². The fraction of sp³-hybridized carbons (Fsp3) is 0.286. The summed E-state index contributed by atoms with van der Waals surface area (Å²) in [4.78, 5) is 35.1. The first-order valence-electron chi connectivity index (χ1n) is 6.17. The van der Waals surface area contributed by atoms with E-state index in [-0.39, 0.29) is 25.2 Å². The predicted octanol–water partition coefficient (Wildman–Crippen LogP) is 0.565. The molecule has 20 heavy (non-hydrogen) atoms. The van der Waals surface area contributed by atoms with Gasteiger partial charge in [0.15, 0.2) is 0 Å². The number of carbonyl (C=O) groups is 3. The van der Waals surface area contributed by atoms with Crippen LogP contribution in [-0.4, -0.2) is 35.6 Å². The molecular formula is C14H13N3O3. The maximum Gasteiger partial charge on any atom is 0.287 e. The third kappa shape index (κ3) is 2.83. The number of hydrogen-bond donors (Lipinski definition) is 1. The molecule has 2 atom stereocenters. The van der Waals surface area contributed by atoms with Gasteiger partial charge in [0.1, 0.15) is 6.04 Å². The lowest BCUT2D eigenvalue weighted by Crippen LogP contribution is -2.36. The Bertz CT molecular complexity index is 565. The molecule has 0 saturated carbocycles. The van der Waals surface area contributed by atoms with Gasteiger partial charge in [0.05, 0.1) is 12.0 Å². The molecule has 1 aliphatic rings. The molecule has 0 aromatic heterocycles. The van der Waals surface area contributed by atoms with Crippen molar-refractivity contribution in [2.75, 3.05) is 11.9 Å². The zero-order valence-electron chi connectivity index (χ0n) is 10.7. The summed E-state index contributed by atoms with van der Waals surface area (Å²) in [5.41, 5.74) is 0.658. The van der Waals surface area contributed by atoms with Gasteiger partial charge in [0.25, 0.3) is 5.91 Å². The topological polar surface area (TPSA) is 90.3 Å². The van der Waals surface area contributed by atoms with Gasteiger partial charge in [-0.2, -0.15) is 5.26 Å².